The van der Waals surface area contributed by atoms with E-state index in [1.807, 2.05) is 25.1 Å². The van der Waals surface area contributed by atoms with Crippen LogP contribution in [-0.2, 0) is 0 Å². The van der Waals surface area contributed by atoms with Gasteiger partial charge >= 0.3 is 0 Å². The average Bonchev–Trinajstić information content (AvgIpc) is 2.91. The number of hydrogen-bond acceptors (Lipinski definition) is 4. The summed E-state index contributed by atoms with van der Waals surface area (Å²) in [5.41, 5.74) is 10.6. The summed E-state index contributed by atoms with van der Waals surface area (Å²) in [4.78, 5) is 6.82. The van der Waals surface area contributed by atoms with E-state index in [9.17, 15) is 0 Å². The first-order valence-corrected chi connectivity index (χ1v) is 6.70. The lowest BCUT2D eigenvalue weighted by molar-refractivity contribution is 0.317. The van der Waals surface area contributed by atoms with Crippen molar-refractivity contribution in [3.63, 3.8) is 0 Å². The van der Waals surface area contributed by atoms with Crippen LogP contribution in [0.15, 0.2) is 29.4 Å². The van der Waals surface area contributed by atoms with Gasteiger partial charge in [-0.15, -0.1) is 0 Å². The van der Waals surface area contributed by atoms with Crippen LogP contribution < -0.4 is 5.73 Å². The van der Waals surface area contributed by atoms with E-state index in [-0.39, 0.29) is 0 Å². The van der Waals surface area contributed by atoms with E-state index in [0.717, 1.165) is 35.4 Å². The highest BCUT2D eigenvalue weighted by molar-refractivity contribution is 6.24. The zero-order valence-corrected chi connectivity index (χ0v) is 12.2. The molecule has 0 saturated carbocycles. The standard InChI is InChI=1S/C16H20N4/c1-11-6-12(8-17)4-5-14(11)15(9-18)16-7-13(10-19-16)20(2)3/h4-6,9,13H,7,10,18H2,1-3H3. The van der Waals surface area contributed by atoms with Gasteiger partial charge in [-0.05, 0) is 44.3 Å². The Labute approximate surface area is 120 Å². The first-order valence-electron chi connectivity index (χ1n) is 6.70. The number of likely N-dealkylation sites (N-methyl/N-ethyl adjacent to an activating group) is 1. The van der Waals surface area contributed by atoms with Gasteiger partial charge in [0, 0.05) is 29.9 Å². The molecule has 1 aliphatic heterocycles. The Balaban J connectivity index is 2.29. The Morgan fingerprint density at radius 3 is 2.75 bits per heavy atom. The predicted octanol–water partition coefficient (Wildman–Crippen LogP) is 1.94. The SMILES string of the molecule is Cc1cc(C#N)ccc1C(=CN)C1=NCC(N(C)C)C1. The van der Waals surface area contributed by atoms with Gasteiger partial charge in [-0.3, -0.25) is 4.99 Å². The number of aliphatic imine (C=N–C) groups is 1. The van der Waals surface area contributed by atoms with Crippen LogP contribution in [-0.4, -0.2) is 37.3 Å². The lowest BCUT2D eigenvalue weighted by Gasteiger charge is -2.18. The van der Waals surface area contributed by atoms with Crippen LogP contribution in [0, 0.1) is 18.3 Å². The molecular weight excluding hydrogens is 248 g/mol. The number of aryl methyl sites for hydroxylation is 1. The Bertz CT molecular complexity index is 605. The molecule has 0 radical (unpaired) electrons. The van der Waals surface area contributed by atoms with Gasteiger partial charge in [0.1, 0.15) is 0 Å². The second-order valence-corrected chi connectivity index (χ2v) is 5.33. The third kappa shape index (κ3) is 2.73. The monoisotopic (exact) mass is 268 g/mol. The van der Waals surface area contributed by atoms with E-state index < -0.39 is 0 Å². The third-order valence-electron chi connectivity index (χ3n) is 3.78. The van der Waals surface area contributed by atoms with E-state index >= 15 is 0 Å². The van der Waals surface area contributed by atoms with Gasteiger partial charge < -0.3 is 10.6 Å². The molecule has 1 aromatic rings. The van der Waals surface area contributed by atoms with Crippen molar-refractivity contribution in [2.24, 2.45) is 10.7 Å². The van der Waals surface area contributed by atoms with Crippen LogP contribution in [0.1, 0.15) is 23.1 Å². The average molecular weight is 268 g/mol. The molecule has 0 fully saturated rings. The highest BCUT2D eigenvalue weighted by atomic mass is 15.1. The largest absolute Gasteiger partial charge is 0.404 e. The van der Waals surface area contributed by atoms with Crippen molar-refractivity contribution >= 4 is 11.3 Å². The summed E-state index contributed by atoms with van der Waals surface area (Å²) in [7, 11) is 4.14. The lowest BCUT2D eigenvalue weighted by atomic mass is 9.94. The molecule has 104 valence electrons. The van der Waals surface area contributed by atoms with E-state index in [1.165, 1.54) is 0 Å². The molecule has 2 rings (SSSR count). The second kappa shape index (κ2) is 5.89. The zero-order valence-electron chi connectivity index (χ0n) is 12.2. The Morgan fingerprint density at radius 1 is 1.50 bits per heavy atom. The van der Waals surface area contributed by atoms with Gasteiger partial charge in [0.15, 0.2) is 0 Å². The summed E-state index contributed by atoms with van der Waals surface area (Å²) in [6.07, 6.45) is 2.54. The molecule has 4 heteroatoms. The number of benzene rings is 1. The van der Waals surface area contributed by atoms with Crippen molar-refractivity contribution in [2.75, 3.05) is 20.6 Å². The van der Waals surface area contributed by atoms with Gasteiger partial charge in [-0.25, -0.2) is 0 Å². The second-order valence-electron chi connectivity index (χ2n) is 5.33. The summed E-state index contributed by atoms with van der Waals surface area (Å²) in [6.45, 7) is 2.81. The van der Waals surface area contributed by atoms with Gasteiger partial charge in [-0.2, -0.15) is 5.26 Å². The molecule has 1 aliphatic rings. The summed E-state index contributed by atoms with van der Waals surface area (Å²) < 4.78 is 0. The van der Waals surface area contributed by atoms with Crippen LogP contribution in [0.5, 0.6) is 0 Å². The molecule has 2 N–H and O–H groups in total. The molecule has 1 atom stereocenters. The zero-order chi connectivity index (χ0) is 14.7. The number of hydrogen-bond donors (Lipinski definition) is 1. The van der Waals surface area contributed by atoms with Crippen molar-refractivity contribution in [2.45, 2.75) is 19.4 Å². The van der Waals surface area contributed by atoms with Gasteiger partial charge in [0.2, 0.25) is 0 Å². The van der Waals surface area contributed by atoms with E-state index in [4.69, 9.17) is 11.0 Å². The van der Waals surface area contributed by atoms with Crippen LogP contribution in [0.3, 0.4) is 0 Å². The third-order valence-corrected chi connectivity index (χ3v) is 3.78. The first kappa shape index (κ1) is 14.3. The first-order chi connectivity index (χ1) is 9.56. The number of allylic oxidation sites excluding steroid dienone is 1. The topological polar surface area (TPSA) is 65.4 Å². The minimum absolute atomic E-state index is 0.443. The molecule has 1 aromatic carbocycles. The molecule has 0 amide bonds. The molecule has 1 heterocycles. The normalized spacial score (nSPS) is 19.1. The van der Waals surface area contributed by atoms with E-state index in [2.05, 4.69) is 30.1 Å². The van der Waals surface area contributed by atoms with E-state index in [0.29, 0.717) is 11.6 Å². The van der Waals surface area contributed by atoms with Crippen LogP contribution in [0.4, 0.5) is 0 Å². The molecule has 20 heavy (non-hydrogen) atoms. The summed E-state index contributed by atoms with van der Waals surface area (Å²) >= 11 is 0. The maximum Gasteiger partial charge on any atom is 0.0991 e. The molecule has 4 nitrogen and oxygen atoms in total. The summed E-state index contributed by atoms with van der Waals surface area (Å²) in [6, 6.07) is 8.27. The molecule has 0 aliphatic carbocycles. The number of nitrogens with zero attached hydrogens (tertiary/aromatic N) is 3. The highest BCUT2D eigenvalue weighted by Gasteiger charge is 2.23. The fraction of sp³-hybridized carbons (Fsp3) is 0.375. The van der Waals surface area contributed by atoms with Gasteiger partial charge in [0.05, 0.1) is 18.2 Å². The maximum atomic E-state index is 8.94. The number of rotatable bonds is 3. The van der Waals surface area contributed by atoms with E-state index in [1.54, 1.807) is 6.20 Å². The smallest absolute Gasteiger partial charge is 0.0991 e. The minimum Gasteiger partial charge on any atom is -0.404 e. The Hall–Kier alpha value is -2.12. The molecule has 0 saturated heterocycles. The van der Waals surface area contributed by atoms with Crippen molar-refractivity contribution < 1.29 is 0 Å². The molecule has 0 bridgehead atoms. The fourth-order valence-electron chi connectivity index (χ4n) is 2.49. The van der Waals surface area contributed by atoms with Gasteiger partial charge in [-0.1, -0.05) is 6.07 Å². The molecule has 0 spiro atoms. The van der Waals surface area contributed by atoms with Crippen molar-refractivity contribution in [3.8, 4) is 6.07 Å². The van der Waals surface area contributed by atoms with Crippen molar-refractivity contribution in [1.29, 1.82) is 5.26 Å². The number of nitriles is 1. The minimum atomic E-state index is 0.443. The van der Waals surface area contributed by atoms with Crippen LogP contribution >= 0.6 is 0 Å². The quantitative estimate of drug-likeness (QED) is 0.911. The fourth-order valence-corrected chi connectivity index (χ4v) is 2.49. The number of nitrogens with two attached hydrogens (primary N) is 1. The maximum absolute atomic E-state index is 8.94. The predicted molar refractivity (Wildman–Crippen MR) is 82.5 cm³/mol. The summed E-state index contributed by atoms with van der Waals surface area (Å²) in [5.74, 6) is 0. The van der Waals surface area contributed by atoms with Crippen LogP contribution in [0.2, 0.25) is 0 Å². The lowest BCUT2D eigenvalue weighted by Crippen LogP contribution is -2.28. The molecule has 1 unspecified atom stereocenters. The van der Waals surface area contributed by atoms with Crippen molar-refractivity contribution in [1.82, 2.24) is 4.90 Å². The van der Waals surface area contributed by atoms with Crippen molar-refractivity contribution in [3.05, 3.63) is 41.1 Å². The Morgan fingerprint density at radius 2 is 2.25 bits per heavy atom. The van der Waals surface area contributed by atoms with Crippen LogP contribution in [0.25, 0.3) is 5.57 Å². The molecule has 0 aromatic heterocycles. The highest BCUT2D eigenvalue weighted by Crippen LogP contribution is 2.26. The summed E-state index contributed by atoms with van der Waals surface area (Å²) in [5, 5.41) is 8.94. The molecular formula is C16H20N4. The Kier molecular flexibility index (Phi) is 4.21. The van der Waals surface area contributed by atoms with Gasteiger partial charge in [0.25, 0.3) is 0 Å².